The molecule has 4 nitrogen and oxygen atoms in total. The summed E-state index contributed by atoms with van der Waals surface area (Å²) >= 11 is 6.09. The van der Waals surface area contributed by atoms with Gasteiger partial charge in [-0.15, -0.1) is 0 Å². The van der Waals surface area contributed by atoms with Gasteiger partial charge >= 0.3 is 0 Å². The van der Waals surface area contributed by atoms with E-state index in [1.54, 1.807) is 6.07 Å². The lowest BCUT2D eigenvalue weighted by molar-refractivity contribution is 0.341. The van der Waals surface area contributed by atoms with E-state index in [9.17, 15) is 8.42 Å². The Kier molecular flexibility index (Phi) is 6.10. The predicted molar refractivity (Wildman–Crippen MR) is 78.6 cm³/mol. The van der Waals surface area contributed by atoms with Gasteiger partial charge in [0.1, 0.15) is 12.4 Å². The van der Waals surface area contributed by atoms with Crippen LogP contribution in [0.15, 0.2) is 18.2 Å². The molecule has 0 aliphatic heterocycles. The van der Waals surface area contributed by atoms with Crippen LogP contribution in [-0.2, 0) is 16.4 Å². The largest absolute Gasteiger partial charge is 0.491 e. The molecule has 19 heavy (non-hydrogen) atoms. The Morgan fingerprint density at radius 3 is 2.58 bits per heavy atom. The van der Waals surface area contributed by atoms with Crippen LogP contribution in [0.2, 0.25) is 5.02 Å². The molecule has 0 aromatic heterocycles. The number of ether oxygens (including phenoxy) is 1. The van der Waals surface area contributed by atoms with E-state index in [0.29, 0.717) is 16.8 Å². The van der Waals surface area contributed by atoms with E-state index in [1.807, 2.05) is 12.1 Å². The molecule has 0 saturated carbocycles. The Hall–Kier alpha value is -0.780. The van der Waals surface area contributed by atoms with Crippen molar-refractivity contribution in [1.29, 1.82) is 0 Å². The van der Waals surface area contributed by atoms with Gasteiger partial charge < -0.3 is 10.1 Å². The highest BCUT2D eigenvalue weighted by Crippen LogP contribution is 2.25. The van der Waals surface area contributed by atoms with Crippen molar-refractivity contribution in [2.75, 3.05) is 18.6 Å². The lowest BCUT2D eigenvalue weighted by Crippen LogP contribution is -2.21. The summed E-state index contributed by atoms with van der Waals surface area (Å²) in [6.45, 7) is 5.00. The highest BCUT2D eigenvalue weighted by molar-refractivity contribution is 7.90. The summed E-state index contributed by atoms with van der Waals surface area (Å²) in [6.07, 6.45) is 1.18. The minimum Gasteiger partial charge on any atom is -0.491 e. The maximum atomic E-state index is 11.0. The molecule has 0 unspecified atom stereocenters. The van der Waals surface area contributed by atoms with Crippen molar-refractivity contribution in [3.8, 4) is 5.75 Å². The molecule has 1 aromatic carbocycles. The number of rotatable bonds is 7. The third-order valence-corrected chi connectivity index (χ3v) is 3.63. The van der Waals surface area contributed by atoms with Crippen molar-refractivity contribution in [3.05, 3.63) is 28.8 Å². The molecule has 1 N–H and O–H groups in total. The van der Waals surface area contributed by atoms with Gasteiger partial charge in [0.15, 0.2) is 9.84 Å². The Morgan fingerprint density at radius 1 is 1.37 bits per heavy atom. The topological polar surface area (TPSA) is 55.4 Å². The Bertz CT molecular complexity index is 515. The first kappa shape index (κ1) is 16.3. The summed E-state index contributed by atoms with van der Waals surface area (Å²) < 4.78 is 27.3. The molecule has 6 heteroatoms. The van der Waals surface area contributed by atoms with Crippen LogP contribution in [0.25, 0.3) is 0 Å². The Balaban J connectivity index is 2.57. The average molecular weight is 306 g/mol. The number of hydrogen-bond acceptors (Lipinski definition) is 4. The number of nitrogens with one attached hydrogen (secondary N) is 1. The van der Waals surface area contributed by atoms with Gasteiger partial charge in [0.25, 0.3) is 0 Å². The minimum atomic E-state index is -3.01. The fraction of sp³-hybridized carbons (Fsp3) is 0.538. The van der Waals surface area contributed by atoms with E-state index in [-0.39, 0.29) is 12.4 Å². The first-order valence-corrected chi connectivity index (χ1v) is 8.54. The summed E-state index contributed by atoms with van der Waals surface area (Å²) in [7, 11) is -3.01. The minimum absolute atomic E-state index is 0.0139. The van der Waals surface area contributed by atoms with Gasteiger partial charge in [0, 0.05) is 18.8 Å². The van der Waals surface area contributed by atoms with Crippen molar-refractivity contribution in [2.45, 2.75) is 26.4 Å². The highest BCUT2D eigenvalue weighted by atomic mass is 35.5. The second-order valence-corrected chi connectivity index (χ2v) is 7.45. The standard InChI is InChI=1S/C13H20ClNO3S/c1-10(2)15-9-11-4-5-13(12(14)8-11)18-6-7-19(3,16)17/h4-5,8,10,15H,6-7,9H2,1-3H3. The van der Waals surface area contributed by atoms with Crippen LogP contribution in [0.1, 0.15) is 19.4 Å². The molecule has 0 fully saturated rings. The first-order valence-electron chi connectivity index (χ1n) is 6.10. The smallest absolute Gasteiger partial charge is 0.150 e. The number of hydrogen-bond donors (Lipinski definition) is 1. The SMILES string of the molecule is CC(C)NCc1ccc(OCCS(C)(=O)=O)c(Cl)c1. The number of sulfone groups is 1. The van der Waals surface area contributed by atoms with Gasteiger partial charge in [-0.3, -0.25) is 0 Å². The van der Waals surface area contributed by atoms with Crippen LogP contribution >= 0.6 is 11.6 Å². The second-order valence-electron chi connectivity index (χ2n) is 4.78. The fourth-order valence-corrected chi connectivity index (χ4v) is 2.04. The van der Waals surface area contributed by atoms with E-state index in [0.717, 1.165) is 12.1 Å². The molecule has 0 aliphatic rings. The van der Waals surface area contributed by atoms with Crippen LogP contribution < -0.4 is 10.1 Å². The van der Waals surface area contributed by atoms with Gasteiger partial charge in [-0.2, -0.15) is 0 Å². The molecule has 108 valence electrons. The maximum absolute atomic E-state index is 11.0. The third kappa shape index (κ3) is 6.80. The van der Waals surface area contributed by atoms with Gasteiger partial charge in [0.2, 0.25) is 0 Å². The molecule has 0 amide bonds. The molecule has 0 heterocycles. The molecule has 0 aliphatic carbocycles. The van der Waals surface area contributed by atoms with Crippen LogP contribution in [0.3, 0.4) is 0 Å². The zero-order valence-corrected chi connectivity index (χ0v) is 13.0. The van der Waals surface area contributed by atoms with E-state index >= 15 is 0 Å². The Labute approximate surface area is 120 Å². The van der Waals surface area contributed by atoms with Crippen LogP contribution in [0.4, 0.5) is 0 Å². The molecule has 0 bridgehead atoms. The number of halogens is 1. The van der Waals surface area contributed by atoms with Crippen molar-refractivity contribution >= 4 is 21.4 Å². The normalized spacial score (nSPS) is 11.8. The van der Waals surface area contributed by atoms with E-state index in [4.69, 9.17) is 16.3 Å². The quantitative estimate of drug-likeness (QED) is 0.839. The molecule has 1 aromatic rings. The van der Waals surface area contributed by atoms with Crippen LogP contribution in [0.5, 0.6) is 5.75 Å². The third-order valence-electron chi connectivity index (χ3n) is 2.42. The Morgan fingerprint density at radius 2 is 2.05 bits per heavy atom. The predicted octanol–water partition coefficient (Wildman–Crippen LogP) is 2.26. The molecule has 0 atom stereocenters. The first-order chi connectivity index (χ1) is 8.78. The number of benzene rings is 1. The summed E-state index contributed by atoms with van der Waals surface area (Å²) in [5, 5.41) is 3.79. The monoisotopic (exact) mass is 305 g/mol. The van der Waals surface area contributed by atoms with E-state index in [2.05, 4.69) is 19.2 Å². The fourth-order valence-electron chi connectivity index (χ4n) is 1.40. The highest BCUT2D eigenvalue weighted by Gasteiger charge is 2.06. The molecular weight excluding hydrogens is 286 g/mol. The molecule has 1 rings (SSSR count). The zero-order valence-electron chi connectivity index (χ0n) is 11.4. The zero-order chi connectivity index (χ0) is 14.5. The summed E-state index contributed by atoms with van der Waals surface area (Å²) in [5.41, 5.74) is 1.06. The van der Waals surface area contributed by atoms with Crippen molar-refractivity contribution in [2.24, 2.45) is 0 Å². The second kappa shape index (κ2) is 7.12. The van der Waals surface area contributed by atoms with Crippen molar-refractivity contribution < 1.29 is 13.2 Å². The van der Waals surface area contributed by atoms with Gasteiger partial charge in [-0.05, 0) is 17.7 Å². The van der Waals surface area contributed by atoms with E-state index in [1.165, 1.54) is 6.26 Å². The van der Waals surface area contributed by atoms with E-state index < -0.39 is 9.84 Å². The van der Waals surface area contributed by atoms with Gasteiger partial charge in [0.05, 0.1) is 10.8 Å². The van der Waals surface area contributed by atoms with Crippen LogP contribution in [0, 0.1) is 0 Å². The lowest BCUT2D eigenvalue weighted by Gasteiger charge is -2.11. The van der Waals surface area contributed by atoms with Crippen LogP contribution in [-0.4, -0.2) is 33.1 Å². The average Bonchev–Trinajstić information content (AvgIpc) is 2.27. The molecule has 0 saturated heterocycles. The molecule has 0 spiro atoms. The summed E-state index contributed by atoms with van der Waals surface area (Å²) in [5.74, 6) is 0.499. The maximum Gasteiger partial charge on any atom is 0.150 e. The summed E-state index contributed by atoms with van der Waals surface area (Å²) in [6, 6.07) is 5.91. The van der Waals surface area contributed by atoms with Crippen molar-refractivity contribution in [1.82, 2.24) is 5.32 Å². The lowest BCUT2D eigenvalue weighted by atomic mass is 10.2. The van der Waals surface area contributed by atoms with Crippen molar-refractivity contribution in [3.63, 3.8) is 0 Å². The molecular formula is C13H20ClNO3S. The van der Waals surface area contributed by atoms with Gasteiger partial charge in [-0.1, -0.05) is 31.5 Å². The van der Waals surface area contributed by atoms with Gasteiger partial charge in [-0.25, -0.2) is 8.42 Å². The molecule has 0 radical (unpaired) electrons. The summed E-state index contributed by atoms with van der Waals surface area (Å²) in [4.78, 5) is 0.